The van der Waals surface area contributed by atoms with Crippen molar-refractivity contribution in [3.05, 3.63) is 0 Å². The van der Waals surface area contributed by atoms with Gasteiger partial charge in [0.25, 0.3) is 0 Å². The molecule has 2 atom stereocenters. The van der Waals surface area contributed by atoms with Gasteiger partial charge in [0.1, 0.15) is 0 Å². The number of nitrogens with one attached hydrogen (secondary N) is 2. The molecule has 2 N–H and O–H groups in total. The molecule has 2 unspecified atom stereocenters. The van der Waals surface area contributed by atoms with E-state index >= 15 is 0 Å². The second-order valence-electron chi connectivity index (χ2n) is 4.72. The van der Waals surface area contributed by atoms with Crippen molar-refractivity contribution >= 4 is 11.8 Å². The summed E-state index contributed by atoms with van der Waals surface area (Å²) in [5.74, 6) is 0.520. The van der Waals surface area contributed by atoms with E-state index in [-0.39, 0.29) is 24.3 Å². The molecule has 5 nitrogen and oxygen atoms in total. The normalized spacial score (nSPS) is 24.2. The molecule has 1 saturated heterocycles. The van der Waals surface area contributed by atoms with Crippen LogP contribution < -0.4 is 10.6 Å². The molecule has 0 radical (unpaired) electrons. The van der Waals surface area contributed by atoms with E-state index in [4.69, 9.17) is 0 Å². The van der Waals surface area contributed by atoms with Gasteiger partial charge in [-0.05, 0) is 25.8 Å². The number of carbonyl (C=O) groups excluding carboxylic acids is 2. The Morgan fingerprint density at radius 1 is 1.41 bits per heavy atom. The van der Waals surface area contributed by atoms with E-state index in [0.717, 1.165) is 19.5 Å². The van der Waals surface area contributed by atoms with Crippen molar-refractivity contribution in [3.63, 3.8) is 0 Å². The number of amides is 2. The van der Waals surface area contributed by atoms with Gasteiger partial charge in [0.15, 0.2) is 0 Å². The number of carbonyl (C=O) groups is 2. The van der Waals surface area contributed by atoms with Crippen LogP contribution in [0.4, 0.5) is 0 Å². The molecule has 0 saturated carbocycles. The van der Waals surface area contributed by atoms with Crippen molar-refractivity contribution in [2.45, 2.75) is 20.3 Å². The molecule has 0 spiro atoms. The molecule has 1 heterocycles. The maximum Gasteiger partial charge on any atom is 0.239 e. The summed E-state index contributed by atoms with van der Waals surface area (Å²) in [7, 11) is 1.59. The van der Waals surface area contributed by atoms with E-state index in [9.17, 15) is 9.59 Å². The summed E-state index contributed by atoms with van der Waals surface area (Å²) in [5, 5.41) is 5.81. The molecule has 1 aliphatic heterocycles. The zero-order chi connectivity index (χ0) is 12.8. The summed E-state index contributed by atoms with van der Waals surface area (Å²) in [6, 6.07) is 0. The van der Waals surface area contributed by atoms with E-state index in [1.54, 1.807) is 11.9 Å². The van der Waals surface area contributed by atoms with Crippen molar-refractivity contribution in [2.75, 3.05) is 33.2 Å². The van der Waals surface area contributed by atoms with Crippen molar-refractivity contribution in [1.82, 2.24) is 15.5 Å². The molecule has 0 aliphatic carbocycles. The van der Waals surface area contributed by atoms with Gasteiger partial charge in [-0.15, -0.1) is 0 Å². The Labute approximate surface area is 103 Å². The van der Waals surface area contributed by atoms with Gasteiger partial charge < -0.3 is 15.5 Å². The standard InChI is InChI=1S/C12H23N3O2/c1-4-15(8-11(16)13-3)12(17)10-5-9(2)6-14-7-10/h9-10,14H,4-8H2,1-3H3,(H,13,16). The number of rotatable bonds is 4. The minimum atomic E-state index is -0.114. The highest BCUT2D eigenvalue weighted by Crippen LogP contribution is 2.18. The molecular formula is C12H23N3O2. The lowest BCUT2D eigenvalue weighted by atomic mass is 9.91. The third-order valence-electron chi connectivity index (χ3n) is 3.23. The van der Waals surface area contributed by atoms with Gasteiger partial charge in [0, 0.05) is 20.1 Å². The van der Waals surface area contributed by atoms with Gasteiger partial charge in [-0.2, -0.15) is 0 Å². The van der Waals surface area contributed by atoms with Crippen LogP contribution in [-0.4, -0.2) is 49.9 Å². The molecule has 5 heteroatoms. The number of likely N-dealkylation sites (N-methyl/N-ethyl adjacent to an activating group) is 2. The molecular weight excluding hydrogens is 218 g/mol. The highest BCUT2D eigenvalue weighted by atomic mass is 16.2. The molecule has 1 aliphatic rings. The second kappa shape index (κ2) is 6.59. The number of hydrogen-bond donors (Lipinski definition) is 2. The summed E-state index contributed by atoms with van der Waals surface area (Å²) in [6.45, 7) is 6.49. The van der Waals surface area contributed by atoms with Crippen molar-refractivity contribution in [1.29, 1.82) is 0 Å². The smallest absolute Gasteiger partial charge is 0.239 e. The van der Waals surface area contributed by atoms with E-state index in [1.165, 1.54) is 0 Å². The Balaban J connectivity index is 2.55. The molecule has 0 aromatic heterocycles. The minimum Gasteiger partial charge on any atom is -0.358 e. The van der Waals surface area contributed by atoms with Crippen LogP contribution in [0.25, 0.3) is 0 Å². The fraction of sp³-hybridized carbons (Fsp3) is 0.833. The van der Waals surface area contributed by atoms with Gasteiger partial charge in [0.2, 0.25) is 11.8 Å². The Hall–Kier alpha value is -1.10. The van der Waals surface area contributed by atoms with Gasteiger partial charge in [-0.1, -0.05) is 6.92 Å². The molecule has 17 heavy (non-hydrogen) atoms. The van der Waals surface area contributed by atoms with E-state index in [0.29, 0.717) is 12.5 Å². The third kappa shape index (κ3) is 4.00. The zero-order valence-corrected chi connectivity index (χ0v) is 11.0. The van der Waals surface area contributed by atoms with Crippen LogP contribution in [-0.2, 0) is 9.59 Å². The average molecular weight is 241 g/mol. The summed E-state index contributed by atoms with van der Waals surface area (Å²) in [5.41, 5.74) is 0. The van der Waals surface area contributed by atoms with Gasteiger partial charge in [-0.25, -0.2) is 0 Å². The van der Waals surface area contributed by atoms with Crippen LogP contribution >= 0.6 is 0 Å². The molecule has 2 amide bonds. The number of hydrogen-bond acceptors (Lipinski definition) is 3. The third-order valence-corrected chi connectivity index (χ3v) is 3.23. The Bertz CT molecular complexity index is 281. The quantitative estimate of drug-likeness (QED) is 0.718. The summed E-state index contributed by atoms with van der Waals surface area (Å²) < 4.78 is 0. The fourth-order valence-corrected chi connectivity index (χ4v) is 2.20. The van der Waals surface area contributed by atoms with Crippen LogP contribution in [0.3, 0.4) is 0 Å². The summed E-state index contributed by atoms with van der Waals surface area (Å²) in [4.78, 5) is 25.2. The van der Waals surface area contributed by atoms with E-state index in [2.05, 4.69) is 17.6 Å². The lowest BCUT2D eigenvalue weighted by Crippen LogP contribution is -2.47. The van der Waals surface area contributed by atoms with E-state index < -0.39 is 0 Å². The Morgan fingerprint density at radius 3 is 2.65 bits per heavy atom. The van der Waals surface area contributed by atoms with Crippen LogP contribution in [0.1, 0.15) is 20.3 Å². The highest BCUT2D eigenvalue weighted by molar-refractivity contribution is 5.85. The highest BCUT2D eigenvalue weighted by Gasteiger charge is 2.28. The summed E-state index contributed by atoms with van der Waals surface area (Å²) in [6.07, 6.45) is 0.913. The average Bonchev–Trinajstić information content (AvgIpc) is 2.34. The monoisotopic (exact) mass is 241 g/mol. The van der Waals surface area contributed by atoms with Crippen molar-refractivity contribution in [2.24, 2.45) is 11.8 Å². The molecule has 0 aromatic carbocycles. The van der Waals surface area contributed by atoms with Crippen molar-refractivity contribution < 1.29 is 9.59 Å². The first-order chi connectivity index (χ1) is 8.08. The molecule has 1 rings (SSSR count). The lowest BCUT2D eigenvalue weighted by Gasteiger charge is -2.31. The maximum atomic E-state index is 12.2. The first kappa shape index (κ1) is 14.0. The largest absolute Gasteiger partial charge is 0.358 e. The SMILES string of the molecule is CCN(CC(=O)NC)C(=O)C1CNCC(C)C1. The first-order valence-electron chi connectivity index (χ1n) is 6.28. The van der Waals surface area contributed by atoms with Gasteiger partial charge >= 0.3 is 0 Å². The predicted molar refractivity (Wildman–Crippen MR) is 66.5 cm³/mol. The molecule has 0 bridgehead atoms. The topological polar surface area (TPSA) is 61.4 Å². The Kier molecular flexibility index (Phi) is 5.41. The number of nitrogens with zero attached hydrogens (tertiary/aromatic N) is 1. The Morgan fingerprint density at radius 2 is 2.12 bits per heavy atom. The van der Waals surface area contributed by atoms with Crippen molar-refractivity contribution in [3.8, 4) is 0 Å². The number of piperidine rings is 1. The van der Waals surface area contributed by atoms with Crippen LogP contribution in [0.2, 0.25) is 0 Å². The van der Waals surface area contributed by atoms with Crippen LogP contribution in [0.5, 0.6) is 0 Å². The fourth-order valence-electron chi connectivity index (χ4n) is 2.20. The molecule has 1 fully saturated rings. The predicted octanol–water partition coefficient (Wildman–Crippen LogP) is -0.173. The lowest BCUT2D eigenvalue weighted by molar-refractivity contribution is -0.139. The van der Waals surface area contributed by atoms with Gasteiger partial charge in [0.05, 0.1) is 12.5 Å². The van der Waals surface area contributed by atoms with Gasteiger partial charge in [-0.3, -0.25) is 9.59 Å². The molecule has 0 aromatic rings. The zero-order valence-electron chi connectivity index (χ0n) is 11.0. The van der Waals surface area contributed by atoms with E-state index in [1.807, 2.05) is 6.92 Å². The maximum absolute atomic E-state index is 12.2. The van der Waals surface area contributed by atoms with Crippen LogP contribution in [0, 0.1) is 11.8 Å². The second-order valence-corrected chi connectivity index (χ2v) is 4.72. The first-order valence-corrected chi connectivity index (χ1v) is 6.28. The minimum absolute atomic E-state index is 0.0170. The van der Waals surface area contributed by atoms with Crippen LogP contribution in [0.15, 0.2) is 0 Å². The summed E-state index contributed by atoms with van der Waals surface area (Å²) >= 11 is 0. The molecule has 98 valence electrons.